The van der Waals surface area contributed by atoms with E-state index in [1.165, 1.54) is 39.4 Å². The highest BCUT2D eigenvalue weighted by Crippen LogP contribution is 2.24. The van der Waals surface area contributed by atoms with E-state index in [4.69, 9.17) is 9.40 Å². The predicted octanol–water partition coefficient (Wildman–Crippen LogP) is 4.53. The van der Waals surface area contributed by atoms with Gasteiger partial charge in [0.05, 0.1) is 23.8 Å². The van der Waals surface area contributed by atoms with E-state index in [1.54, 1.807) is 24.3 Å². The van der Waals surface area contributed by atoms with Crippen LogP contribution in [0.2, 0.25) is 0 Å². The molecule has 0 unspecified atom stereocenters. The van der Waals surface area contributed by atoms with Crippen LogP contribution in [0.1, 0.15) is 12.5 Å². The van der Waals surface area contributed by atoms with E-state index in [2.05, 4.69) is 12.0 Å². The number of rotatable bonds is 4. The Morgan fingerprint density at radius 2 is 1.73 bits per heavy atom. The Morgan fingerprint density at radius 3 is 2.40 bits per heavy atom. The monoisotopic (exact) mass is 400 g/mol. The van der Waals surface area contributed by atoms with Gasteiger partial charge in [0, 0.05) is 0 Å². The largest absolute Gasteiger partial charge is 0.461 e. The molecule has 3 aromatic heterocycles. The van der Waals surface area contributed by atoms with Crippen molar-refractivity contribution in [1.82, 2.24) is 19.3 Å². The van der Waals surface area contributed by atoms with E-state index in [0.29, 0.717) is 34.0 Å². The van der Waals surface area contributed by atoms with Gasteiger partial charge in [-0.1, -0.05) is 19.1 Å². The van der Waals surface area contributed by atoms with Crippen molar-refractivity contribution in [2.24, 2.45) is 0 Å². The molecule has 0 aliphatic carbocycles. The van der Waals surface area contributed by atoms with Crippen LogP contribution in [0, 0.1) is 5.82 Å². The molecule has 0 aliphatic rings. The molecule has 0 radical (unpaired) electrons. The summed E-state index contributed by atoms with van der Waals surface area (Å²) in [6.07, 6.45) is 3.92. The van der Waals surface area contributed by atoms with Gasteiger partial charge in [0.1, 0.15) is 11.2 Å². The molecule has 0 amide bonds. The van der Waals surface area contributed by atoms with Gasteiger partial charge in [0.15, 0.2) is 17.2 Å². The number of benzene rings is 2. The van der Waals surface area contributed by atoms with Crippen molar-refractivity contribution in [3.05, 3.63) is 94.9 Å². The molecule has 148 valence electrons. The molecule has 0 aliphatic heterocycles. The summed E-state index contributed by atoms with van der Waals surface area (Å²) in [6, 6.07) is 17.1. The zero-order chi connectivity index (χ0) is 20.7. The van der Waals surface area contributed by atoms with Gasteiger partial charge in [-0.2, -0.15) is 5.10 Å². The maximum Gasteiger partial charge on any atom is 0.269 e. The molecular formula is C23H17FN4O2. The summed E-state index contributed by atoms with van der Waals surface area (Å²) in [5.41, 5.74) is 2.58. The minimum Gasteiger partial charge on any atom is -0.461 e. The summed E-state index contributed by atoms with van der Waals surface area (Å²) < 4.78 is 22.0. The van der Waals surface area contributed by atoms with E-state index in [1.807, 2.05) is 24.3 Å². The first-order chi connectivity index (χ1) is 14.7. The summed E-state index contributed by atoms with van der Waals surface area (Å²) in [7, 11) is 0. The van der Waals surface area contributed by atoms with E-state index in [9.17, 15) is 9.18 Å². The zero-order valence-corrected chi connectivity index (χ0v) is 16.1. The Hall–Kier alpha value is -4.00. The second kappa shape index (κ2) is 7.11. The Balaban J connectivity index is 1.80. The van der Waals surface area contributed by atoms with Gasteiger partial charge in [-0.15, -0.1) is 0 Å². The number of aromatic nitrogens is 4. The smallest absolute Gasteiger partial charge is 0.269 e. The summed E-state index contributed by atoms with van der Waals surface area (Å²) in [5.74, 6) is 0.475. The van der Waals surface area contributed by atoms with Crippen LogP contribution in [0.5, 0.6) is 0 Å². The average Bonchev–Trinajstić information content (AvgIpc) is 3.45. The van der Waals surface area contributed by atoms with Crippen molar-refractivity contribution in [3.63, 3.8) is 0 Å². The second-order valence-electron chi connectivity index (χ2n) is 6.84. The number of hydrogen-bond acceptors (Lipinski definition) is 4. The van der Waals surface area contributed by atoms with Gasteiger partial charge in [-0.25, -0.2) is 14.1 Å². The number of aryl methyl sites for hydroxylation is 1. The van der Waals surface area contributed by atoms with Crippen LogP contribution < -0.4 is 5.56 Å². The Bertz CT molecular complexity index is 1380. The highest BCUT2D eigenvalue weighted by Gasteiger charge is 2.19. The average molecular weight is 400 g/mol. The van der Waals surface area contributed by atoms with Gasteiger partial charge >= 0.3 is 0 Å². The highest BCUT2D eigenvalue weighted by atomic mass is 19.1. The summed E-state index contributed by atoms with van der Waals surface area (Å²) in [6.45, 7) is 2.08. The quantitative estimate of drug-likeness (QED) is 0.444. The first-order valence-electron chi connectivity index (χ1n) is 9.55. The fourth-order valence-electron chi connectivity index (χ4n) is 3.43. The molecular weight excluding hydrogens is 383 g/mol. The fraction of sp³-hybridized carbons (Fsp3) is 0.0870. The van der Waals surface area contributed by atoms with Crippen molar-refractivity contribution in [2.45, 2.75) is 13.3 Å². The summed E-state index contributed by atoms with van der Waals surface area (Å²) in [4.78, 5) is 18.2. The molecule has 6 nitrogen and oxygen atoms in total. The van der Waals surface area contributed by atoms with Crippen LogP contribution in [0.4, 0.5) is 4.39 Å². The molecule has 5 rings (SSSR count). The molecule has 0 spiro atoms. The maximum atomic E-state index is 13.5. The van der Waals surface area contributed by atoms with Crippen molar-refractivity contribution < 1.29 is 8.81 Å². The number of furan rings is 1. The summed E-state index contributed by atoms with van der Waals surface area (Å²) in [5, 5.41) is 4.68. The Labute approximate surface area is 170 Å². The zero-order valence-electron chi connectivity index (χ0n) is 16.1. The molecule has 7 heteroatoms. The molecule has 0 fully saturated rings. The molecule has 2 aromatic carbocycles. The van der Waals surface area contributed by atoms with Crippen LogP contribution in [0.25, 0.3) is 34.0 Å². The van der Waals surface area contributed by atoms with Crippen LogP contribution in [0.3, 0.4) is 0 Å². The third-order valence-electron chi connectivity index (χ3n) is 5.02. The first kappa shape index (κ1) is 18.1. The lowest BCUT2D eigenvalue weighted by Crippen LogP contribution is -2.22. The van der Waals surface area contributed by atoms with E-state index >= 15 is 0 Å². The molecule has 0 bridgehead atoms. The van der Waals surface area contributed by atoms with Crippen LogP contribution in [-0.4, -0.2) is 19.3 Å². The van der Waals surface area contributed by atoms with Crippen molar-refractivity contribution in [3.8, 4) is 23.0 Å². The SMILES string of the molecule is CCc1ccc(-n2c(-c3ccco3)nc3c(cnn3-c3ccc(F)cc3)c2=O)cc1. The van der Waals surface area contributed by atoms with Crippen LogP contribution in [-0.2, 0) is 6.42 Å². The van der Waals surface area contributed by atoms with Gasteiger partial charge in [-0.3, -0.25) is 9.36 Å². The number of fused-ring (bicyclic) bond motifs is 1. The van der Waals surface area contributed by atoms with Gasteiger partial charge in [0.2, 0.25) is 0 Å². The standard InChI is InChI=1S/C23H17FN4O2/c1-2-15-5-9-17(10-6-15)27-22(20-4-3-13-30-20)26-21-19(23(27)29)14-25-28(21)18-11-7-16(24)8-12-18/h3-14H,2H2,1H3. The lowest BCUT2D eigenvalue weighted by atomic mass is 10.1. The molecule has 0 N–H and O–H groups in total. The van der Waals surface area contributed by atoms with Crippen LogP contribution in [0.15, 0.2) is 82.3 Å². The number of hydrogen-bond donors (Lipinski definition) is 0. The molecule has 30 heavy (non-hydrogen) atoms. The van der Waals surface area contributed by atoms with Gasteiger partial charge in [-0.05, 0) is 60.5 Å². The Kier molecular flexibility index (Phi) is 4.28. The van der Waals surface area contributed by atoms with Crippen molar-refractivity contribution in [1.29, 1.82) is 0 Å². The number of halogens is 1. The molecule has 0 atom stereocenters. The third-order valence-corrected chi connectivity index (χ3v) is 5.02. The normalized spacial score (nSPS) is 11.3. The lowest BCUT2D eigenvalue weighted by molar-refractivity contribution is 0.574. The van der Waals surface area contributed by atoms with Crippen molar-refractivity contribution in [2.75, 3.05) is 0 Å². The fourth-order valence-corrected chi connectivity index (χ4v) is 3.43. The molecule has 3 heterocycles. The third kappa shape index (κ3) is 2.91. The van der Waals surface area contributed by atoms with Crippen LogP contribution >= 0.6 is 0 Å². The van der Waals surface area contributed by atoms with E-state index in [0.717, 1.165) is 6.42 Å². The first-order valence-corrected chi connectivity index (χ1v) is 9.55. The lowest BCUT2D eigenvalue weighted by Gasteiger charge is -2.12. The van der Waals surface area contributed by atoms with E-state index < -0.39 is 0 Å². The van der Waals surface area contributed by atoms with Crippen molar-refractivity contribution >= 4 is 11.0 Å². The highest BCUT2D eigenvalue weighted by molar-refractivity contribution is 5.78. The minimum atomic E-state index is -0.350. The topological polar surface area (TPSA) is 65.8 Å². The maximum absolute atomic E-state index is 13.5. The van der Waals surface area contributed by atoms with Gasteiger partial charge in [0.25, 0.3) is 5.56 Å². The molecule has 0 saturated carbocycles. The molecule has 0 saturated heterocycles. The second-order valence-corrected chi connectivity index (χ2v) is 6.84. The predicted molar refractivity (Wildman–Crippen MR) is 112 cm³/mol. The van der Waals surface area contributed by atoms with Gasteiger partial charge < -0.3 is 4.42 Å². The Morgan fingerprint density at radius 1 is 1.00 bits per heavy atom. The van der Waals surface area contributed by atoms with E-state index in [-0.39, 0.29) is 11.4 Å². The minimum absolute atomic E-state index is 0.260. The molecule has 5 aromatic rings. The number of nitrogens with zero attached hydrogens (tertiary/aromatic N) is 4. The summed E-state index contributed by atoms with van der Waals surface area (Å²) >= 11 is 0.